The molecule has 138 valence electrons. The molecule has 0 fully saturated rings. The quantitative estimate of drug-likeness (QED) is 0.389. The fourth-order valence-electron chi connectivity index (χ4n) is 3.20. The monoisotopic (exact) mass is 422 g/mol. The van der Waals surface area contributed by atoms with Gasteiger partial charge in [-0.25, -0.2) is 9.99 Å². The first-order valence-corrected chi connectivity index (χ1v) is 10.9. The molecule has 0 saturated carbocycles. The summed E-state index contributed by atoms with van der Waals surface area (Å²) in [7, 11) is 0. The fraction of sp³-hybridized carbons (Fsp3) is 0.0952. The van der Waals surface area contributed by atoms with Crippen LogP contribution in [0.2, 0.25) is 5.02 Å². The minimum atomic E-state index is 0.0440. The smallest absolute Gasteiger partial charge is 0.207 e. The first-order chi connectivity index (χ1) is 13.8. The molecular formula is C21H15ClN4S2. The van der Waals surface area contributed by atoms with Gasteiger partial charge in [-0.2, -0.15) is 5.10 Å². The van der Waals surface area contributed by atoms with Crippen LogP contribution < -0.4 is 5.01 Å². The first-order valence-electron chi connectivity index (χ1n) is 8.81. The van der Waals surface area contributed by atoms with Gasteiger partial charge in [0.05, 0.1) is 22.0 Å². The number of benzene rings is 1. The summed E-state index contributed by atoms with van der Waals surface area (Å²) in [6.07, 6.45) is 2.64. The number of anilines is 1. The van der Waals surface area contributed by atoms with Gasteiger partial charge in [-0.15, -0.1) is 22.7 Å². The summed E-state index contributed by atoms with van der Waals surface area (Å²) < 4.78 is 0. The largest absolute Gasteiger partial charge is 0.259 e. The van der Waals surface area contributed by atoms with Gasteiger partial charge in [-0.1, -0.05) is 35.9 Å². The Morgan fingerprint density at radius 2 is 1.89 bits per heavy atom. The van der Waals surface area contributed by atoms with Gasteiger partial charge < -0.3 is 0 Å². The van der Waals surface area contributed by atoms with Gasteiger partial charge in [0.15, 0.2) is 0 Å². The number of hydrogen-bond acceptors (Lipinski definition) is 6. The molecule has 0 spiro atoms. The van der Waals surface area contributed by atoms with Crippen LogP contribution in [0.15, 0.2) is 76.7 Å². The van der Waals surface area contributed by atoms with E-state index in [9.17, 15) is 0 Å². The lowest BCUT2D eigenvalue weighted by molar-refractivity contribution is 0.684. The van der Waals surface area contributed by atoms with Crippen LogP contribution in [0.4, 0.5) is 5.13 Å². The van der Waals surface area contributed by atoms with Crippen LogP contribution in [-0.2, 0) is 0 Å². The van der Waals surface area contributed by atoms with E-state index in [-0.39, 0.29) is 6.04 Å². The number of halogens is 1. The van der Waals surface area contributed by atoms with Gasteiger partial charge in [0, 0.05) is 28.6 Å². The Kier molecular flexibility index (Phi) is 4.68. The number of pyridine rings is 1. The number of thiophene rings is 1. The van der Waals surface area contributed by atoms with E-state index in [4.69, 9.17) is 21.7 Å². The van der Waals surface area contributed by atoms with Crippen LogP contribution in [0.25, 0.3) is 11.3 Å². The van der Waals surface area contributed by atoms with Crippen molar-refractivity contribution < 1.29 is 0 Å². The maximum atomic E-state index is 6.01. The molecule has 0 amide bonds. The topological polar surface area (TPSA) is 41.4 Å². The average Bonchev–Trinajstić information content (AvgIpc) is 3.48. The number of hydrogen-bond donors (Lipinski definition) is 0. The molecule has 4 aromatic rings. The highest BCUT2D eigenvalue weighted by Gasteiger charge is 2.32. The maximum Gasteiger partial charge on any atom is 0.207 e. The molecule has 0 radical (unpaired) electrons. The zero-order valence-electron chi connectivity index (χ0n) is 14.7. The van der Waals surface area contributed by atoms with Gasteiger partial charge >= 0.3 is 0 Å². The molecule has 4 nitrogen and oxygen atoms in total. The van der Waals surface area contributed by atoms with Crippen molar-refractivity contribution >= 4 is 45.1 Å². The Balaban J connectivity index is 1.52. The molecule has 0 bridgehead atoms. The Morgan fingerprint density at radius 1 is 1.00 bits per heavy atom. The Morgan fingerprint density at radius 3 is 2.64 bits per heavy atom. The van der Waals surface area contributed by atoms with Crippen LogP contribution >= 0.6 is 34.3 Å². The van der Waals surface area contributed by atoms with Gasteiger partial charge in [0.1, 0.15) is 6.04 Å². The normalized spacial score (nSPS) is 16.4. The molecule has 0 saturated heterocycles. The van der Waals surface area contributed by atoms with Crippen molar-refractivity contribution in [1.29, 1.82) is 0 Å². The van der Waals surface area contributed by atoms with Gasteiger partial charge in [-0.05, 0) is 35.7 Å². The van der Waals surface area contributed by atoms with Gasteiger partial charge in [-0.3, -0.25) is 4.98 Å². The predicted octanol–water partition coefficient (Wildman–Crippen LogP) is 6.28. The zero-order valence-corrected chi connectivity index (χ0v) is 17.1. The second-order valence-electron chi connectivity index (χ2n) is 6.37. The van der Waals surface area contributed by atoms with E-state index in [1.165, 1.54) is 4.88 Å². The third-order valence-electron chi connectivity index (χ3n) is 4.57. The van der Waals surface area contributed by atoms with E-state index in [1.54, 1.807) is 22.7 Å². The number of thiazole rings is 1. The summed E-state index contributed by atoms with van der Waals surface area (Å²) in [6.45, 7) is 0. The second-order valence-corrected chi connectivity index (χ2v) is 8.59. The standard InChI is InChI=1S/C21H15ClN4S2/c22-15-8-6-14(7-9-15)18-13-28-21(24-18)26-19(16-4-1-2-10-23-16)12-17(25-26)20-5-3-11-27-20/h1-11,13,19H,12H2. The number of rotatable bonds is 4. The SMILES string of the molecule is Clc1ccc(-c2csc(N3N=C(c4cccs4)CC3c3ccccn3)n2)cc1. The van der Waals surface area contributed by atoms with Crippen molar-refractivity contribution in [1.82, 2.24) is 9.97 Å². The average molecular weight is 423 g/mol. The van der Waals surface area contributed by atoms with Crippen LogP contribution in [0, 0.1) is 0 Å². The molecule has 28 heavy (non-hydrogen) atoms. The van der Waals surface area contributed by atoms with Crippen molar-refractivity contribution in [3.05, 3.63) is 87.1 Å². The number of aromatic nitrogens is 2. The van der Waals surface area contributed by atoms with E-state index in [2.05, 4.69) is 33.9 Å². The van der Waals surface area contributed by atoms with Gasteiger partial charge in [0.2, 0.25) is 5.13 Å². The molecule has 5 rings (SSSR count). The lowest BCUT2D eigenvalue weighted by Crippen LogP contribution is -2.19. The summed E-state index contributed by atoms with van der Waals surface area (Å²) in [5, 5.41) is 12.7. The molecule has 3 aromatic heterocycles. The van der Waals surface area contributed by atoms with Gasteiger partial charge in [0.25, 0.3) is 0 Å². The third kappa shape index (κ3) is 3.35. The number of hydrazone groups is 1. The Hall–Kier alpha value is -2.54. The van der Waals surface area contributed by atoms with Crippen molar-refractivity contribution in [2.45, 2.75) is 12.5 Å². The molecule has 0 aliphatic carbocycles. The molecule has 4 heterocycles. The Labute approximate surface area is 175 Å². The van der Waals surface area contributed by atoms with Crippen molar-refractivity contribution in [3.8, 4) is 11.3 Å². The minimum absolute atomic E-state index is 0.0440. The predicted molar refractivity (Wildman–Crippen MR) is 117 cm³/mol. The summed E-state index contributed by atoms with van der Waals surface area (Å²) in [4.78, 5) is 10.6. The van der Waals surface area contributed by atoms with E-state index in [0.29, 0.717) is 0 Å². The molecule has 1 aliphatic heterocycles. The highest BCUT2D eigenvalue weighted by Crippen LogP contribution is 2.39. The van der Waals surface area contributed by atoms with Crippen LogP contribution in [-0.4, -0.2) is 15.7 Å². The lowest BCUT2D eigenvalue weighted by Gasteiger charge is -2.20. The number of nitrogens with zero attached hydrogens (tertiary/aromatic N) is 4. The maximum absolute atomic E-state index is 6.01. The molecule has 1 unspecified atom stereocenters. The lowest BCUT2D eigenvalue weighted by atomic mass is 10.1. The molecule has 7 heteroatoms. The second kappa shape index (κ2) is 7.47. The molecule has 1 atom stereocenters. The highest BCUT2D eigenvalue weighted by atomic mass is 35.5. The molecule has 1 aromatic carbocycles. The van der Waals surface area contributed by atoms with Crippen molar-refractivity contribution in [3.63, 3.8) is 0 Å². The van der Waals surface area contributed by atoms with Crippen molar-refractivity contribution in [2.75, 3.05) is 5.01 Å². The summed E-state index contributed by atoms with van der Waals surface area (Å²) in [5.41, 5.74) is 4.05. The van der Waals surface area contributed by atoms with E-state index < -0.39 is 0 Å². The van der Waals surface area contributed by atoms with E-state index >= 15 is 0 Å². The molecule has 1 aliphatic rings. The molecule has 0 N–H and O–H groups in total. The van der Waals surface area contributed by atoms with Crippen LogP contribution in [0.3, 0.4) is 0 Å². The summed E-state index contributed by atoms with van der Waals surface area (Å²) in [6, 6.07) is 18.0. The zero-order chi connectivity index (χ0) is 18.9. The first kappa shape index (κ1) is 17.6. The van der Waals surface area contributed by atoms with Crippen molar-refractivity contribution in [2.24, 2.45) is 5.10 Å². The van der Waals surface area contributed by atoms with Crippen LogP contribution in [0.1, 0.15) is 23.0 Å². The summed E-state index contributed by atoms with van der Waals surface area (Å²) in [5.74, 6) is 0. The molecular weight excluding hydrogens is 408 g/mol. The summed E-state index contributed by atoms with van der Waals surface area (Å²) >= 11 is 9.31. The van der Waals surface area contributed by atoms with Crippen LogP contribution in [0.5, 0.6) is 0 Å². The Bertz CT molecular complexity index is 1110. The third-order valence-corrected chi connectivity index (χ3v) is 6.57. The van der Waals surface area contributed by atoms with E-state index in [0.717, 1.165) is 39.2 Å². The minimum Gasteiger partial charge on any atom is -0.259 e. The van der Waals surface area contributed by atoms with E-state index in [1.807, 2.05) is 47.6 Å². The highest BCUT2D eigenvalue weighted by molar-refractivity contribution is 7.14. The fourth-order valence-corrected chi connectivity index (χ4v) is 4.88.